The predicted molar refractivity (Wildman–Crippen MR) is 52.6 cm³/mol. The monoisotopic (exact) mass is 216 g/mol. The first-order chi connectivity index (χ1) is 6.47. The van der Waals surface area contributed by atoms with Crippen molar-refractivity contribution in [1.82, 2.24) is 0 Å². The van der Waals surface area contributed by atoms with E-state index in [0.29, 0.717) is 0 Å². The Kier molecular flexibility index (Phi) is 3.62. The van der Waals surface area contributed by atoms with Gasteiger partial charge in [-0.25, -0.2) is 0 Å². The maximum atomic E-state index is 10.4. The van der Waals surface area contributed by atoms with Crippen molar-refractivity contribution in [1.29, 1.82) is 0 Å². The molecule has 0 heterocycles. The zero-order valence-electron chi connectivity index (χ0n) is 7.50. The largest absolute Gasteiger partial charge is 0.392 e. The Balaban J connectivity index is 2.54. The van der Waals surface area contributed by atoms with Gasteiger partial charge in [-0.05, 0) is 12.0 Å². The summed E-state index contributed by atoms with van der Waals surface area (Å²) in [6.07, 6.45) is -0.840. The van der Waals surface area contributed by atoms with Gasteiger partial charge in [0.1, 0.15) is 5.75 Å². The minimum absolute atomic E-state index is 0.223. The molecule has 0 radical (unpaired) electrons. The van der Waals surface area contributed by atoms with Gasteiger partial charge < -0.3 is 5.11 Å². The summed E-state index contributed by atoms with van der Waals surface area (Å²) in [4.78, 5) is 0. The van der Waals surface area contributed by atoms with Crippen LogP contribution in [0.3, 0.4) is 0 Å². The fourth-order valence-corrected chi connectivity index (χ4v) is 1.79. The third kappa shape index (κ3) is 4.36. The van der Waals surface area contributed by atoms with Crippen LogP contribution in [0.25, 0.3) is 0 Å². The molecule has 0 spiro atoms. The molecule has 78 valence electrons. The topological polar surface area (TPSA) is 74.6 Å². The van der Waals surface area contributed by atoms with Crippen LogP contribution in [0.5, 0.6) is 0 Å². The summed E-state index contributed by atoms with van der Waals surface area (Å²) in [6, 6.07) is 9.00. The van der Waals surface area contributed by atoms with Crippen LogP contribution in [0.1, 0.15) is 5.56 Å². The van der Waals surface area contributed by atoms with Gasteiger partial charge in [0.2, 0.25) is 0 Å². The summed E-state index contributed by atoms with van der Waals surface area (Å²) in [6.45, 7) is 0. The number of aliphatic hydroxyl groups is 1. The first kappa shape index (κ1) is 11.2. The molecule has 0 bridgehead atoms. The minimum atomic E-state index is -4.09. The second kappa shape index (κ2) is 4.54. The highest BCUT2D eigenvalue weighted by atomic mass is 32.2. The Bertz CT molecular complexity index is 371. The van der Waals surface area contributed by atoms with Gasteiger partial charge in [-0.1, -0.05) is 30.3 Å². The smallest absolute Gasteiger partial charge is 0.267 e. The normalized spacial score (nSPS) is 13.9. The van der Waals surface area contributed by atoms with Gasteiger partial charge in [0.25, 0.3) is 10.1 Å². The van der Waals surface area contributed by atoms with E-state index in [4.69, 9.17) is 4.55 Å². The highest BCUT2D eigenvalue weighted by Gasteiger charge is 2.14. The molecule has 0 aliphatic rings. The van der Waals surface area contributed by atoms with Crippen LogP contribution in [0.15, 0.2) is 30.3 Å². The molecule has 1 aromatic rings. The second-order valence-electron chi connectivity index (χ2n) is 3.09. The van der Waals surface area contributed by atoms with Crippen molar-refractivity contribution in [3.8, 4) is 0 Å². The van der Waals surface area contributed by atoms with Crippen LogP contribution >= 0.6 is 0 Å². The molecule has 14 heavy (non-hydrogen) atoms. The average molecular weight is 216 g/mol. The zero-order valence-corrected chi connectivity index (χ0v) is 8.31. The lowest BCUT2D eigenvalue weighted by molar-refractivity contribution is 0.195. The molecular formula is C9H12O4S. The van der Waals surface area contributed by atoms with E-state index in [9.17, 15) is 13.5 Å². The molecule has 0 fully saturated rings. The summed E-state index contributed by atoms with van der Waals surface area (Å²) < 4.78 is 29.3. The van der Waals surface area contributed by atoms with Crippen molar-refractivity contribution in [2.75, 3.05) is 5.75 Å². The molecule has 0 saturated heterocycles. The van der Waals surface area contributed by atoms with Crippen molar-refractivity contribution in [3.05, 3.63) is 35.9 Å². The van der Waals surface area contributed by atoms with E-state index in [1.165, 1.54) is 0 Å². The van der Waals surface area contributed by atoms with Gasteiger partial charge in [-0.3, -0.25) is 4.55 Å². The van der Waals surface area contributed by atoms with Gasteiger partial charge in [-0.15, -0.1) is 0 Å². The Morgan fingerprint density at radius 3 is 2.29 bits per heavy atom. The number of rotatable bonds is 4. The van der Waals surface area contributed by atoms with E-state index in [1.54, 1.807) is 24.3 Å². The summed E-state index contributed by atoms with van der Waals surface area (Å²) in [5.74, 6) is -0.623. The quantitative estimate of drug-likeness (QED) is 0.718. The van der Waals surface area contributed by atoms with Gasteiger partial charge in [0.05, 0.1) is 6.10 Å². The Morgan fingerprint density at radius 1 is 1.21 bits per heavy atom. The SMILES string of the molecule is O=S(=O)(O)CC(O)Cc1ccccc1. The maximum absolute atomic E-state index is 10.4. The van der Waals surface area contributed by atoms with Gasteiger partial charge >= 0.3 is 0 Å². The van der Waals surface area contributed by atoms with Crippen molar-refractivity contribution < 1.29 is 18.1 Å². The van der Waals surface area contributed by atoms with Crippen LogP contribution in [0.2, 0.25) is 0 Å². The molecule has 0 saturated carbocycles. The molecule has 0 aliphatic heterocycles. The van der Waals surface area contributed by atoms with Crippen LogP contribution in [0, 0.1) is 0 Å². The fraction of sp³-hybridized carbons (Fsp3) is 0.333. The molecule has 2 N–H and O–H groups in total. The third-order valence-corrected chi connectivity index (χ3v) is 2.52. The van der Waals surface area contributed by atoms with E-state index in [1.807, 2.05) is 6.07 Å². The van der Waals surface area contributed by atoms with Gasteiger partial charge in [0, 0.05) is 0 Å². The Labute approximate surface area is 82.9 Å². The van der Waals surface area contributed by atoms with Crippen LogP contribution < -0.4 is 0 Å². The zero-order chi connectivity index (χ0) is 10.6. The van der Waals surface area contributed by atoms with E-state index in [0.717, 1.165) is 5.56 Å². The van der Waals surface area contributed by atoms with Crippen molar-refractivity contribution in [3.63, 3.8) is 0 Å². The van der Waals surface area contributed by atoms with E-state index >= 15 is 0 Å². The highest BCUT2D eigenvalue weighted by molar-refractivity contribution is 7.85. The molecule has 5 heteroatoms. The number of aliphatic hydroxyl groups excluding tert-OH is 1. The summed E-state index contributed by atoms with van der Waals surface area (Å²) in [7, 11) is -4.09. The fourth-order valence-electron chi connectivity index (χ4n) is 1.19. The van der Waals surface area contributed by atoms with Crippen molar-refractivity contribution in [2.45, 2.75) is 12.5 Å². The lowest BCUT2D eigenvalue weighted by Crippen LogP contribution is -2.22. The number of hydrogen-bond acceptors (Lipinski definition) is 3. The molecule has 0 aromatic heterocycles. The Morgan fingerprint density at radius 2 is 1.79 bits per heavy atom. The van der Waals surface area contributed by atoms with Crippen LogP contribution in [0.4, 0.5) is 0 Å². The number of benzene rings is 1. The molecule has 0 amide bonds. The molecule has 1 aromatic carbocycles. The first-order valence-corrected chi connectivity index (χ1v) is 5.75. The minimum Gasteiger partial charge on any atom is -0.392 e. The van der Waals surface area contributed by atoms with Crippen LogP contribution in [-0.2, 0) is 16.5 Å². The predicted octanol–water partition coefficient (Wildman–Crippen LogP) is 0.478. The molecular weight excluding hydrogens is 204 g/mol. The first-order valence-electron chi connectivity index (χ1n) is 4.14. The third-order valence-electron chi connectivity index (χ3n) is 1.72. The van der Waals surface area contributed by atoms with Gasteiger partial charge in [0.15, 0.2) is 0 Å². The lowest BCUT2D eigenvalue weighted by Gasteiger charge is -2.07. The van der Waals surface area contributed by atoms with Crippen LogP contribution in [-0.4, -0.2) is 29.9 Å². The van der Waals surface area contributed by atoms with E-state index in [2.05, 4.69) is 0 Å². The summed E-state index contributed by atoms with van der Waals surface area (Å²) >= 11 is 0. The maximum Gasteiger partial charge on any atom is 0.267 e. The summed E-state index contributed by atoms with van der Waals surface area (Å²) in [5, 5.41) is 9.30. The molecule has 1 atom stereocenters. The molecule has 1 unspecified atom stereocenters. The second-order valence-corrected chi connectivity index (χ2v) is 4.59. The summed E-state index contributed by atoms with van der Waals surface area (Å²) in [5.41, 5.74) is 0.837. The highest BCUT2D eigenvalue weighted by Crippen LogP contribution is 2.04. The molecule has 1 rings (SSSR count). The van der Waals surface area contributed by atoms with Crippen molar-refractivity contribution in [2.24, 2.45) is 0 Å². The molecule has 4 nitrogen and oxygen atoms in total. The average Bonchev–Trinajstić information content (AvgIpc) is 2.02. The van der Waals surface area contributed by atoms with Gasteiger partial charge in [-0.2, -0.15) is 8.42 Å². The van der Waals surface area contributed by atoms with Crippen molar-refractivity contribution >= 4 is 10.1 Å². The molecule has 0 aliphatic carbocycles. The lowest BCUT2D eigenvalue weighted by atomic mass is 10.1. The Hall–Kier alpha value is -0.910. The van der Waals surface area contributed by atoms with E-state index < -0.39 is 22.0 Å². The number of hydrogen-bond donors (Lipinski definition) is 2. The van der Waals surface area contributed by atoms with E-state index in [-0.39, 0.29) is 6.42 Å². The standard InChI is InChI=1S/C9H12O4S/c10-9(7-14(11,12)13)6-8-4-2-1-3-5-8/h1-5,9-10H,6-7H2,(H,11,12,13).